The third-order valence-corrected chi connectivity index (χ3v) is 3.21. The molecule has 0 bridgehead atoms. The van der Waals surface area contributed by atoms with Crippen molar-refractivity contribution in [3.05, 3.63) is 0 Å². The molecule has 3 heteroatoms. The first kappa shape index (κ1) is 11.5. The number of rotatable bonds is 4. The van der Waals surface area contributed by atoms with E-state index in [4.69, 9.17) is 4.74 Å². The summed E-state index contributed by atoms with van der Waals surface area (Å²) >= 11 is 0. The monoisotopic (exact) mass is 199 g/mol. The highest BCUT2D eigenvalue weighted by Gasteiger charge is 2.33. The molecule has 0 radical (unpaired) electrons. The number of hydrogen-bond acceptors (Lipinski definition) is 3. The Morgan fingerprint density at radius 2 is 2.00 bits per heavy atom. The van der Waals surface area contributed by atoms with Crippen LogP contribution < -0.4 is 5.32 Å². The van der Waals surface area contributed by atoms with Gasteiger partial charge in [-0.25, -0.2) is 0 Å². The molecule has 0 spiro atoms. The first-order valence-electron chi connectivity index (χ1n) is 5.44. The van der Waals surface area contributed by atoms with Crippen molar-refractivity contribution in [2.24, 2.45) is 5.41 Å². The zero-order valence-electron chi connectivity index (χ0n) is 9.27. The summed E-state index contributed by atoms with van der Waals surface area (Å²) in [4.78, 5) is 11.3. The zero-order valence-corrected chi connectivity index (χ0v) is 9.27. The second-order valence-corrected chi connectivity index (χ2v) is 4.34. The number of hydrogen-bond donors (Lipinski definition) is 1. The molecule has 1 fully saturated rings. The quantitative estimate of drug-likeness (QED) is 0.701. The van der Waals surface area contributed by atoms with E-state index in [0.29, 0.717) is 6.42 Å². The molecule has 0 saturated heterocycles. The minimum absolute atomic E-state index is 0.0675. The van der Waals surface area contributed by atoms with E-state index in [-0.39, 0.29) is 11.4 Å². The lowest BCUT2D eigenvalue weighted by Crippen LogP contribution is -2.36. The molecule has 0 aliphatic heterocycles. The molecule has 0 aromatic rings. The molecule has 14 heavy (non-hydrogen) atoms. The Balaban J connectivity index is 2.55. The summed E-state index contributed by atoms with van der Waals surface area (Å²) in [7, 11) is 3.42. The van der Waals surface area contributed by atoms with Crippen molar-refractivity contribution in [2.75, 3.05) is 20.7 Å². The molecule has 0 aromatic heterocycles. The minimum atomic E-state index is -0.0675. The van der Waals surface area contributed by atoms with Gasteiger partial charge in [-0.2, -0.15) is 0 Å². The largest absolute Gasteiger partial charge is 0.469 e. The minimum Gasteiger partial charge on any atom is -0.469 e. The SMILES string of the molecule is CNCC1(CC(=O)OC)CCCCC1. The highest BCUT2D eigenvalue weighted by atomic mass is 16.5. The van der Waals surface area contributed by atoms with Crippen molar-refractivity contribution in [1.29, 1.82) is 0 Å². The van der Waals surface area contributed by atoms with Crippen LogP contribution in [0.3, 0.4) is 0 Å². The molecule has 1 aliphatic rings. The lowest BCUT2D eigenvalue weighted by Gasteiger charge is -2.36. The van der Waals surface area contributed by atoms with E-state index >= 15 is 0 Å². The van der Waals surface area contributed by atoms with Crippen molar-refractivity contribution in [1.82, 2.24) is 5.32 Å². The van der Waals surface area contributed by atoms with Gasteiger partial charge in [-0.15, -0.1) is 0 Å². The Kier molecular flexibility index (Phi) is 4.39. The van der Waals surface area contributed by atoms with Crippen LogP contribution in [0.5, 0.6) is 0 Å². The number of carbonyl (C=O) groups is 1. The van der Waals surface area contributed by atoms with Gasteiger partial charge in [0.1, 0.15) is 0 Å². The average Bonchev–Trinajstić information content (AvgIpc) is 2.19. The molecule has 0 unspecified atom stereocenters. The second-order valence-electron chi connectivity index (χ2n) is 4.34. The van der Waals surface area contributed by atoms with E-state index in [1.807, 2.05) is 7.05 Å². The van der Waals surface area contributed by atoms with Crippen LogP contribution in [0.1, 0.15) is 38.5 Å². The Bertz CT molecular complexity index is 180. The first-order valence-corrected chi connectivity index (χ1v) is 5.44. The molecule has 0 aromatic carbocycles. The van der Waals surface area contributed by atoms with Crippen molar-refractivity contribution < 1.29 is 9.53 Å². The standard InChI is InChI=1S/C11H21NO2/c1-12-9-11(8-10(13)14-2)6-4-3-5-7-11/h12H,3-9H2,1-2H3. The third-order valence-electron chi connectivity index (χ3n) is 3.21. The highest BCUT2D eigenvalue weighted by Crippen LogP contribution is 2.38. The van der Waals surface area contributed by atoms with Crippen LogP contribution in [0, 0.1) is 5.41 Å². The Morgan fingerprint density at radius 1 is 1.36 bits per heavy atom. The van der Waals surface area contributed by atoms with Crippen LogP contribution in [-0.2, 0) is 9.53 Å². The van der Waals surface area contributed by atoms with Gasteiger partial charge in [0.05, 0.1) is 13.5 Å². The Labute approximate surface area is 86.2 Å². The van der Waals surface area contributed by atoms with Gasteiger partial charge in [0.25, 0.3) is 0 Å². The molecule has 1 rings (SSSR count). The number of nitrogens with one attached hydrogen (secondary N) is 1. The summed E-state index contributed by atoms with van der Waals surface area (Å²) in [5.41, 5.74) is 0.167. The first-order chi connectivity index (χ1) is 6.72. The predicted molar refractivity (Wildman–Crippen MR) is 56.1 cm³/mol. The number of carbonyl (C=O) groups excluding carboxylic acids is 1. The summed E-state index contributed by atoms with van der Waals surface area (Å²) in [5, 5.41) is 3.20. The van der Waals surface area contributed by atoms with Crippen molar-refractivity contribution in [3.8, 4) is 0 Å². The molecule has 1 aliphatic carbocycles. The molecule has 0 atom stereocenters. The maximum Gasteiger partial charge on any atom is 0.306 e. The lowest BCUT2D eigenvalue weighted by molar-refractivity contribution is -0.144. The summed E-state index contributed by atoms with van der Waals surface area (Å²) in [6.45, 7) is 0.933. The number of methoxy groups -OCH3 is 1. The fraction of sp³-hybridized carbons (Fsp3) is 0.909. The van der Waals surface area contributed by atoms with E-state index in [0.717, 1.165) is 19.4 Å². The lowest BCUT2D eigenvalue weighted by atomic mass is 9.72. The van der Waals surface area contributed by atoms with E-state index in [1.165, 1.54) is 26.4 Å². The Morgan fingerprint density at radius 3 is 2.50 bits per heavy atom. The summed E-state index contributed by atoms with van der Waals surface area (Å²) in [6.07, 6.45) is 6.69. The van der Waals surface area contributed by atoms with Crippen LogP contribution in [0.15, 0.2) is 0 Å². The van der Waals surface area contributed by atoms with Gasteiger partial charge in [-0.3, -0.25) is 4.79 Å². The maximum absolute atomic E-state index is 11.3. The highest BCUT2D eigenvalue weighted by molar-refractivity contribution is 5.70. The van der Waals surface area contributed by atoms with E-state index in [9.17, 15) is 4.79 Å². The van der Waals surface area contributed by atoms with Crippen molar-refractivity contribution in [2.45, 2.75) is 38.5 Å². The number of esters is 1. The summed E-state index contributed by atoms with van der Waals surface area (Å²) in [6, 6.07) is 0. The van der Waals surface area contributed by atoms with Gasteiger partial charge < -0.3 is 10.1 Å². The van der Waals surface area contributed by atoms with Gasteiger partial charge in [-0.05, 0) is 25.3 Å². The Hall–Kier alpha value is -0.570. The normalized spacial score (nSPS) is 20.4. The molecular formula is C11H21NO2. The van der Waals surface area contributed by atoms with Gasteiger partial charge in [0.15, 0.2) is 0 Å². The average molecular weight is 199 g/mol. The van der Waals surface area contributed by atoms with Crippen LogP contribution >= 0.6 is 0 Å². The molecule has 1 N–H and O–H groups in total. The van der Waals surface area contributed by atoms with E-state index < -0.39 is 0 Å². The molecule has 1 saturated carbocycles. The van der Waals surface area contributed by atoms with Crippen LogP contribution in [0.4, 0.5) is 0 Å². The zero-order chi connectivity index (χ0) is 10.4. The molecule has 0 amide bonds. The molecular weight excluding hydrogens is 178 g/mol. The van der Waals surface area contributed by atoms with Crippen LogP contribution in [0.25, 0.3) is 0 Å². The summed E-state index contributed by atoms with van der Waals surface area (Å²) < 4.78 is 4.76. The fourth-order valence-electron chi connectivity index (χ4n) is 2.47. The van der Waals surface area contributed by atoms with Crippen molar-refractivity contribution in [3.63, 3.8) is 0 Å². The second kappa shape index (κ2) is 5.35. The third kappa shape index (κ3) is 2.98. The van der Waals surface area contributed by atoms with Crippen LogP contribution in [-0.4, -0.2) is 26.7 Å². The van der Waals surface area contributed by atoms with Crippen molar-refractivity contribution >= 4 is 5.97 Å². The van der Waals surface area contributed by atoms with Crippen LogP contribution in [0.2, 0.25) is 0 Å². The number of ether oxygens (including phenoxy) is 1. The molecule has 82 valence electrons. The summed E-state index contributed by atoms with van der Waals surface area (Å²) in [5.74, 6) is -0.0675. The fourth-order valence-corrected chi connectivity index (χ4v) is 2.47. The maximum atomic E-state index is 11.3. The van der Waals surface area contributed by atoms with Gasteiger partial charge in [0.2, 0.25) is 0 Å². The topological polar surface area (TPSA) is 38.3 Å². The smallest absolute Gasteiger partial charge is 0.306 e. The van der Waals surface area contributed by atoms with Gasteiger partial charge in [0, 0.05) is 6.54 Å². The van der Waals surface area contributed by atoms with E-state index in [1.54, 1.807) is 0 Å². The van der Waals surface area contributed by atoms with Gasteiger partial charge in [-0.1, -0.05) is 19.3 Å². The van der Waals surface area contributed by atoms with Gasteiger partial charge >= 0.3 is 5.97 Å². The predicted octanol–water partition coefficient (Wildman–Crippen LogP) is 1.72. The molecule has 0 heterocycles. The molecule has 3 nitrogen and oxygen atoms in total. The van der Waals surface area contributed by atoms with E-state index in [2.05, 4.69) is 5.32 Å².